The molecule has 0 aliphatic heterocycles. The van der Waals surface area contributed by atoms with Crippen molar-refractivity contribution in [3.8, 4) is 5.75 Å². The van der Waals surface area contributed by atoms with Crippen molar-refractivity contribution in [2.75, 3.05) is 16.6 Å². The molecule has 0 aliphatic rings. The zero-order valence-electron chi connectivity index (χ0n) is 17.1. The first-order chi connectivity index (χ1) is 14.3. The van der Waals surface area contributed by atoms with Crippen LogP contribution in [0.1, 0.15) is 28.4 Å². The van der Waals surface area contributed by atoms with Crippen LogP contribution in [0.2, 0.25) is 0 Å². The van der Waals surface area contributed by atoms with Gasteiger partial charge in [0.25, 0.3) is 15.9 Å². The normalized spacial score (nSPS) is 11.0. The summed E-state index contributed by atoms with van der Waals surface area (Å²) in [6, 6.07) is 18.6. The predicted octanol–water partition coefficient (Wildman–Crippen LogP) is 4.76. The summed E-state index contributed by atoms with van der Waals surface area (Å²) in [4.78, 5) is 12.8. The van der Waals surface area contributed by atoms with Gasteiger partial charge >= 0.3 is 0 Å². The number of sulfonamides is 1. The topological polar surface area (TPSA) is 84.5 Å². The highest BCUT2D eigenvalue weighted by Gasteiger charge is 2.19. The van der Waals surface area contributed by atoms with Gasteiger partial charge in [0.2, 0.25) is 0 Å². The van der Waals surface area contributed by atoms with E-state index in [2.05, 4.69) is 10.0 Å². The molecule has 0 bridgehead atoms. The van der Waals surface area contributed by atoms with E-state index >= 15 is 0 Å². The Kier molecular flexibility index (Phi) is 6.42. The highest BCUT2D eigenvalue weighted by Crippen LogP contribution is 2.23. The van der Waals surface area contributed by atoms with Crippen molar-refractivity contribution in [2.45, 2.75) is 25.7 Å². The Morgan fingerprint density at radius 1 is 0.933 bits per heavy atom. The van der Waals surface area contributed by atoms with Gasteiger partial charge in [0.05, 0.1) is 17.2 Å². The van der Waals surface area contributed by atoms with Crippen molar-refractivity contribution in [3.05, 3.63) is 83.4 Å². The number of amides is 1. The summed E-state index contributed by atoms with van der Waals surface area (Å²) in [5.74, 6) is 0.326. The lowest BCUT2D eigenvalue weighted by Gasteiger charge is -2.13. The van der Waals surface area contributed by atoms with Crippen LogP contribution in [0.5, 0.6) is 5.75 Å². The van der Waals surface area contributed by atoms with E-state index in [0.29, 0.717) is 29.3 Å². The maximum Gasteiger partial charge on any atom is 0.261 e. The van der Waals surface area contributed by atoms with Gasteiger partial charge in [-0.15, -0.1) is 0 Å². The SMILES string of the molecule is CCOc1ccc(NC(=O)c2cc(S(=O)(=O)Nc3ccccc3C)ccc2C)cc1. The number of hydrogen-bond donors (Lipinski definition) is 2. The lowest BCUT2D eigenvalue weighted by Crippen LogP contribution is -2.17. The average molecular weight is 425 g/mol. The van der Waals surface area contributed by atoms with Gasteiger partial charge in [0, 0.05) is 11.3 Å². The Labute approximate surface area is 177 Å². The van der Waals surface area contributed by atoms with Gasteiger partial charge in [0.15, 0.2) is 0 Å². The second-order valence-corrected chi connectivity index (χ2v) is 8.49. The number of anilines is 2. The molecular weight excluding hydrogens is 400 g/mol. The van der Waals surface area contributed by atoms with Crippen molar-refractivity contribution < 1.29 is 17.9 Å². The number of carbonyl (C=O) groups is 1. The average Bonchev–Trinajstić information content (AvgIpc) is 2.71. The molecule has 0 spiro atoms. The summed E-state index contributed by atoms with van der Waals surface area (Å²) in [6.45, 7) is 6.04. The van der Waals surface area contributed by atoms with E-state index in [0.717, 1.165) is 5.56 Å². The number of carbonyl (C=O) groups excluding carboxylic acids is 1. The molecule has 30 heavy (non-hydrogen) atoms. The second-order valence-electron chi connectivity index (χ2n) is 6.81. The van der Waals surface area contributed by atoms with Crippen molar-refractivity contribution in [2.24, 2.45) is 0 Å². The molecule has 0 unspecified atom stereocenters. The fourth-order valence-corrected chi connectivity index (χ4v) is 4.06. The first-order valence-electron chi connectivity index (χ1n) is 9.53. The second kappa shape index (κ2) is 9.00. The summed E-state index contributed by atoms with van der Waals surface area (Å²) in [5, 5.41) is 2.80. The lowest BCUT2D eigenvalue weighted by atomic mass is 10.1. The van der Waals surface area contributed by atoms with Crippen LogP contribution in [-0.2, 0) is 10.0 Å². The minimum atomic E-state index is -3.84. The predicted molar refractivity (Wildman–Crippen MR) is 119 cm³/mol. The van der Waals surface area contributed by atoms with E-state index in [1.807, 2.05) is 26.0 Å². The molecule has 6 nitrogen and oxygen atoms in total. The highest BCUT2D eigenvalue weighted by atomic mass is 32.2. The van der Waals surface area contributed by atoms with E-state index in [4.69, 9.17) is 4.74 Å². The van der Waals surface area contributed by atoms with Crippen LogP contribution in [0, 0.1) is 13.8 Å². The molecule has 0 atom stereocenters. The largest absolute Gasteiger partial charge is 0.494 e. The van der Waals surface area contributed by atoms with Gasteiger partial charge < -0.3 is 10.1 Å². The quantitative estimate of drug-likeness (QED) is 0.573. The molecule has 0 saturated carbocycles. The number of aryl methyl sites for hydroxylation is 2. The molecule has 156 valence electrons. The molecule has 0 aliphatic carbocycles. The van der Waals surface area contributed by atoms with Gasteiger partial charge in [0.1, 0.15) is 5.75 Å². The molecule has 0 heterocycles. The Balaban J connectivity index is 1.83. The van der Waals surface area contributed by atoms with E-state index < -0.39 is 10.0 Å². The van der Waals surface area contributed by atoms with Crippen molar-refractivity contribution >= 4 is 27.3 Å². The Hall–Kier alpha value is -3.32. The first-order valence-corrected chi connectivity index (χ1v) is 11.0. The smallest absolute Gasteiger partial charge is 0.261 e. The van der Waals surface area contributed by atoms with Gasteiger partial charge in [-0.25, -0.2) is 8.42 Å². The Morgan fingerprint density at radius 3 is 2.30 bits per heavy atom. The van der Waals surface area contributed by atoms with Crippen molar-refractivity contribution in [1.82, 2.24) is 0 Å². The fourth-order valence-electron chi connectivity index (χ4n) is 2.90. The third-order valence-corrected chi connectivity index (χ3v) is 5.94. The fraction of sp³-hybridized carbons (Fsp3) is 0.174. The minimum Gasteiger partial charge on any atom is -0.494 e. The molecule has 0 aromatic heterocycles. The number of rotatable bonds is 7. The van der Waals surface area contributed by atoms with Crippen LogP contribution in [0.3, 0.4) is 0 Å². The number of nitrogens with one attached hydrogen (secondary N) is 2. The van der Waals surface area contributed by atoms with Crippen molar-refractivity contribution in [1.29, 1.82) is 0 Å². The van der Waals surface area contributed by atoms with Gasteiger partial charge in [-0.05, 0) is 74.4 Å². The first kappa shape index (κ1) is 21.4. The van der Waals surface area contributed by atoms with Gasteiger partial charge in [-0.1, -0.05) is 24.3 Å². The van der Waals surface area contributed by atoms with Crippen LogP contribution in [0.4, 0.5) is 11.4 Å². The molecule has 1 amide bonds. The number of hydrogen-bond acceptors (Lipinski definition) is 4. The van der Waals surface area contributed by atoms with E-state index in [1.54, 1.807) is 49.4 Å². The maximum atomic E-state index is 12.8. The third kappa shape index (κ3) is 4.99. The summed E-state index contributed by atoms with van der Waals surface area (Å²) >= 11 is 0. The summed E-state index contributed by atoms with van der Waals surface area (Å²) in [6.07, 6.45) is 0. The van der Waals surface area contributed by atoms with Gasteiger partial charge in [-0.2, -0.15) is 0 Å². The van der Waals surface area contributed by atoms with E-state index in [1.165, 1.54) is 12.1 Å². The molecule has 0 saturated heterocycles. The van der Waals surface area contributed by atoms with Crippen LogP contribution in [0.15, 0.2) is 71.6 Å². The molecule has 3 aromatic carbocycles. The molecule has 0 fully saturated rings. The van der Waals surface area contributed by atoms with Crippen LogP contribution < -0.4 is 14.8 Å². The van der Waals surface area contributed by atoms with E-state index in [9.17, 15) is 13.2 Å². The van der Waals surface area contributed by atoms with Crippen LogP contribution in [-0.4, -0.2) is 20.9 Å². The maximum absolute atomic E-state index is 12.8. The van der Waals surface area contributed by atoms with Crippen molar-refractivity contribution in [3.63, 3.8) is 0 Å². The van der Waals surface area contributed by atoms with E-state index in [-0.39, 0.29) is 16.4 Å². The molecule has 3 aromatic rings. The zero-order valence-corrected chi connectivity index (χ0v) is 17.9. The molecule has 7 heteroatoms. The van der Waals surface area contributed by atoms with Gasteiger partial charge in [-0.3, -0.25) is 9.52 Å². The number of benzene rings is 3. The standard InChI is InChI=1S/C23H24N2O4S/c1-4-29-19-12-10-18(11-13-19)24-23(26)21-15-20(14-9-16(21)2)30(27,28)25-22-8-6-5-7-17(22)3/h5-15,25H,4H2,1-3H3,(H,24,26). The zero-order chi connectivity index (χ0) is 21.7. The number of para-hydroxylation sites is 1. The summed E-state index contributed by atoms with van der Waals surface area (Å²) in [5.41, 5.74) is 2.86. The third-order valence-electron chi connectivity index (χ3n) is 4.58. The lowest BCUT2D eigenvalue weighted by molar-refractivity contribution is 0.102. The van der Waals surface area contributed by atoms with Crippen LogP contribution >= 0.6 is 0 Å². The van der Waals surface area contributed by atoms with Crippen LogP contribution in [0.25, 0.3) is 0 Å². The Morgan fingerprint density at radius 2 is 1.63 bits per heavy atom. The molecule has 0 radical (unpaired) electrons. The molecule has 3 rings (SSSR count). The Bertz CT molecular complexity index is 1160. The summed E-state index contributed by atoms with van der Waals surface area (Å²) in [7, 11) is -3.84. The minimum absolute atomic E-state index is 0.0215. The highest BCUT2D eigenvalue weighted by molar-refractivity contribution is 7.92. The monoisotopic (exact) mass is 424 g/mol. The molecule has 2 N–H and O–H groups in total. The molecular formula is C23H24N2O4S. The summed E-state index contributed by atoms with van der Waals surface area (Å²) < 4.78 is 33.7. The number of ether oxygens (including phenoxy) is 1.